The van der Waals surface area contributed by atoms with E-state index in [1.54, 1.807) is 36.9 Å². The summed E-state index contributed by atoms with van der Waals surface area (Å²) in [6, 6.07) is 15.5. The molecule has 0 saturated carbocycles. The van der Waals surface area contributed by atoms with Crippen molar-refractivity contribution in [3.63, 3.8) is 0 Å². The fourth-order valence-corrected chi connectivity index (χ4v) is 3.95. The SMILES string of the molecule is C#Cc1ccc2c(c1)C(c1ccccc1[N+](=O)[O-])=N[C@H](C)c1c(-c3ccco3)ncn1-2. The molecule has 0 saturated heterocycles. The molecule has 0 fully saturated rings. The van der Waals surface area contributed by atoms with Crippen LogP contribution in [0.25, 0.3) is 17.1 Å². The van der Waals surface area contributed by atoms with E-state index in [2.05, 4.69) is 10.9 Å². The summed E-state index contributed by atoms with van der Waals surface area (Å²) in [7, 11) is 0. The second-order valence-electron chi connectivity index (χ2n) is 7.13. The van der Waals surface area contributed by atoms with Crippen molar-refractivity contribution in [1.29, 1.82) is 0 Å². The van der Waals surface area contributed by atoms with E-state index in [1.807, 2.05) is 35.8 Å². The molecular weight excluding hydrogens is 392 g/mol. The van der Waals surface area contributed by atoms with E-state index in [0.717, 1.165) is 11.4 Å². The van der Waals surface area contributed by atoms with Crippen LogP contribution in [0.4, 0.5) is 5.69 Å². The Labute approximate surface area is 177 Å². The van der Waals surface area contributed by atoms with E-state index >= 15 is 0 Å². The molecule has 0 spiro atoms. The van der Waals surface area contributed by atoms with Gasteiger partial charge in [-0.2, -0.15) is 0 Å². The van der Waals surface area contributed by atoms with Gasteiger partial charge in [0.05, 0.1) is 39.9 Å². The van der Waals surface area contributed by atoms with Gasteiger partial charge in [-0.15, -0.1) is 6.42 Å². The molecule has 0 N–H and O–H groups in total. The van der Waals surface area contributed by atoms with Gasteiger partial charge in [0.15, 0.2) is 5.76 Å². The minimum Gasteiger partial charge on any atom is -0.463 e. The van der Waals surface area contributed by atoms with Gasteiger partial charge in [0.25, 0.3) is 5.69 Å². The average molecular weight is 408 g/mol. The standard InChI is InChI=1S/C24H16N4O3/c1-3-16-10-11-19-18(13-16)22(17-7-4-5-8-20(17)28(29)30)26-15(2)24-23(25-14-27(19)24)21-9-6-12-31-21/h1,4-15H,2H3/t15-/m1/s1. The number of para-hydroxylation sites is 1. The third kappa shape index (κ3) is 2.93. The molecule has 0 unspecified atom stereocenters. The monoisotopic (exact) mass is 408 g/mol. The molecule has 2 aromatic heterocycles. The smallest absolute Gasteiger partial charge is 0.278 e. The van der Waals surface area contributed by atoms with Crippen molar-refractivity contribution in [1.82, 2.24) is 9.55 Å². The molecule has 3 heterocycles. The van der Waals surface area contributed by atoms with Crippen LogP contribution in [0.15, 0.2) is 76.6 Å². The number of fused-ring (bicyclic) bond motifs is 3. The molecule has 0 aliphatic carbocycles. The van der Waals surface area contributed by atoms with Gasteiger partial charge in [0.2, 0.25) is 0 Å². The lowest BCUT2D eigenvalue weighted by Gasteiger charge is -2.12. The number of imidazole rings is 1. The lowest BCUT2D eigenvalue weighted by molar-refractivity contribution is -0.385. The van der Waals surface area contributed by atoms with Crippen molar-refractivity contribution >= 4 is 11.4 Å². The Hall–Kier alpha value is -4.44. The minimum absolute atomic E-state index is 0.0125. The van der Waals surface area contributed by atoms with E-state index in [0.29, 0.717) is 33.9 Å². The van der Waals surface area contributed by atoms with Gasteiger partial charge in [0.1, 0.15) is 12.0 Å². The summed E-state index contributed by atoms with van der Waals surface area (Å²) < 4.78 is 7.53. The molecule has 31 heavy (non-hydrogen) atoms. The topological polar surface area (TPSA) is 86.5 Å². The lowest BCUT2D eigenvalue weighted by Crippen LogP contribution is -2.10. The number of furan rings is 1. The van der Waals surface area contributed by atoms with Crippen molar-refractivity contribution in [2.45, 2.75) is 13.0 Å². The Morgan fingerprint density at radius 2 is 2.00 bits per heavy atom. The average Bonchev–Trinajstić information content (AvgIpc) is 3.44. The number of terminal acetylenes is 1. The van der Waals surface area contributed by atoms with Crippen molar-refractivity contribution in [3.05, 3.63) is 99.7 Å². The molecule has 0 amide bonds. The first-order valence-electron chi connectivity index (χ1n) is 9.62. The van der Waals surface area contributed by atoms with Crippen LogP contribution in [-0.4, -0.2) is 20.2 Å². The molecule has 5 rings (SSSR count). The summed E-state index contributed by atoms with van der Waals surface area (Å²) in [6.07, 6.45) is 8.96. The van der Waals surface area contributed by atoms with Crippen LogP contribution in [0, 0.1) is 22.5 Å². The minimum atomic E-state index is -0.395. The van der Waals surface area contributed by atoms with Crippen LogP contribution in [0.1, 0.15) is 35.3 Å². The van der Waals surface area contributed by atoms with Gasteiger partial charge in [0, 0.05) is 17.2 Å². The normalized spacial score (nSPS) is 14.7. The Kier molecular flexibility index (Phi) is 4.26. The van der Waals surface area contributed by atoms with Gasteiger partial charge in [-0.3, -0.25) is 19.7 Å². The molecule has 7 heteroatoms. The molecule has 7 nitrogen and oxygen atoms in total. The summed E-state index contributed by atoms with van der Waals surface area (Å²) in [5, 5.41) is 11.7. The molecule has 0 radical (unpaired) electrons. The first-order valence-corrected chi connectivity index (χ1v) is 9.62. The molecular formula is C24H16N4O3. The highest BCUT2D eigenvalue weighted by Crippen LogP contribution is 2.37. The summed E-state index contributed by atoms with van der Waals surface area (Å²) >= 11 is 0. The number of hydrogen-bond donors (Lipinski definition) is 0. The Bertz CT molecular complexity index is 1390. The van der Waals surface area contributed by atoms with Crippen molar-refractivity contribution in [2.24, 2.45) is 4.99 Å². The third-order valence-electron chi connectivity index (χ3n) is 5.31. The Balaban J connectivity index is 1.83. The van der Waals surface area contributed by atoms with E-state index < -0.39 is 4.92 Å². The van der Waals surface area contributed by atoms with Crippen molar-refractivity contribution < 1.29 is 9.34 Å². The number of nitrogens with zero attached hydrogens (tertiary/aromatic N) is 4. The van der Waals surface area contributed by atoms with Crippen LogP contribution < -0.4 is 0 Å². The maximum atomic E-state index is 11.7. The van der Waals surface area contributed by atoms with Crippen LogP contribution in [-0.2, 0) is 0 Å². The first-order chi connectivity index (χ1) is 15.1. The highest BCUT2D eigenvalue weighted by Gasteiger charge is 2.29. The van der Waals surface area contributed by atoms with Crippen LogP contribution >= 0.6 is 0 Å². The summed E-state index contributed by atoms with van der Waals surface area (Å²) in [5.41, 5.74) is 4.61. The number of rotatable bonds is 3. The zero-order chi connectivity index (χ0) is 21.5. The number of hydrogen-bond acceptors (Lipinski definition) is 5. The van der Waals surface area contributed by atoms with Crippen molar-refractivity contribution in [3.8, 4) is 29.5 Å². The quantitative estimate of drug-likeness (QED) is 0.273. The zero-order valence-electron chi connectivity index (χ0n) is 16.5. The van der Waals surface area contributed by atoms with Crippen molar-refractivity contribution in [2.75, 3.05) is 0 Å². The second-order valence-corrected chi connectivity index (χ2v) is 7.13. The molecule has 1 aliphatic rings. The van der Waals surface area contributed by atoms with Gasteiger partial charge >= 0.3 is 0 Å². The zero-order valence-corrected chi connectivity index (χ0v) is 16.5. The highest BCUT2D eigenvalue weighted by molar-refractivity contribution is 6.17. The predicted molar refractivity (Wildman–Crippen MR) is 116 cm³/mol. The lowest BCUT2D eigenvalue weighted by atomic mass is 9.97. The first kappa shape index (κ1) is 18.6. The number of aliphatic imine (C=N–C) groups is 1. The van der Waals surface area contributed by atoms with Crippen LogP contribution in [0.3, 0.4) is 0 Å². The van der Waals surface area contributed by atoms with E-state index in [9.17, 15) is 10.1 Å². The molecule has 1 aliphatic heterocycles. The van der Waals surface area contributed by atoms with E-state index in [1.165, 1.54) is 6.07 Å². The van der Waals surface area contributed by atoms with Crippen LogP contribution in [0.2, 0.25) is 0 Å². The summed E-state index contributed by atoms with van der Waals surface area (Å²) in [6.45, 7) is 1.93. The third-order valence-corrected chi connectivity index (χ3v) is 5.31. The fourth-order valence-electron chi connectivity index (χ4n) is 3.95. The second kappa shape index (κ2) is 7.11. The fraction of sp³-hybridized carbons (Fsp3) is 0.0833. The number of benzene rings is 2. The summed E-state index contributed by atoms with van der Waals surface area (Å²) in [5.74, 6) is 3.27. The highest BCUT2D eigenvalue weighted by atomic mass is 16.6. The van der Waals surface area contributed by atoms with E-state index in [4.69, 9.17) is 15.8 Å². The Morgan fingerprint density at radius 3 is 2.74 bits per heavy atom. The molecule has 4 aromatic rings. The molecule has 2 aromatic carbocycles. The van der Waals surface area contributed by atoms with Crippen LogP contribution in [0.5, 0.6) is 0 Å². The molecule has 0 bridgehead atoms. The number of aromatic nitrogens is 2. The largest absolute Gasteiger partial charge is 0.463 e. The van der Waals surface area contributed by atoms with Gasteiger partial charge in [-0.25, -0.2) is 4.98 Å². The van der Waals surface area contributed by atoms with E-state index in [-0.39, 0.29) is 11.7 Å². The number of nitro groups is 1. The predicted octanol–water partition coefficient (Wildman–Crippen LogP) is 4.93. The van der Waals surface area contributed by atoms with Gasteiger partial charge in [-0.05, 0) is 43.3 Å². The molecule has 150 valence electrons. The molecule has 1 atom stereocenters. The number of nitro benzene ring substituents is 1. The Morgan fingerprint density at radius 1 is 1.16 bits per heavy atom. The maximum Gasteiger partial charge on any atom is 0.278 e. The van der Waals surface area contributed by atoms with Gasteiger partial charge < -0.3 is 4.42 Å². The van der Waals surface area contributed by atoms with Gasteiger partial charge in [-0.1, -0.05) is 18.1 Å². The maximum absolute atomic E-state index is 11.7. The summed E-state index contributed by atoms with van der Waals surface area (Å²) in [4.78, 5) is 20.8.